The van der Waals surface area contributed by atoms with Crippen LogP contribution in [-0.4, -0.2) is 18.5 Å². The lowest BCUT2D eigenvalue weighted by molar-refractivity contribution is -0.124. The fourth-order valence-corrected chi connectivity index (χ4v) is 2.32. The van der Waals surface area contributed by atoms with E-state index in [0.29, 0.717) is 13.0 Å². The van der Waals surface area contributed by atoms with E-state index in [1.807, 2.05) is 0 Å². The number of benzene rings is 1. The van der Waals surface area contributed by atoms with Crippen molar-refractivity contribution >= 4 is 5.91 Å². The van der Waals surface area contributed by atoms with Gasteiger partial charge in [-0.1, -0.05) is 0 Å². The molecule has 0 aliphatic carbocycles. The van der Waals surface area contributed by atoms with Gasteiger partial charge in [0.15, 0.2) is 0 Å². The lowest BCUT2D eigenvalue weighted by Crippen LogP contribution is -2.49. The van der Waals surface area contributed by atoms with Crippen LogP contribution in [0.1, 0.15) is 36.9 Å². The highest BCUT2D eigenvalue weighted by Gasteiger charge is 2.24. The molecule has 19 heavy (non-hydrogen) atoms. The van der Waals surface area contributed by atoms with Crippen LogP contribution < -0.4 is 10.6 Å². The molecule has 1 saturated heterocycles. The van der Waals surface area contributed by atoms with Crippen molar-refractivity contribution in [2.75, 3.05) is 6.54 Å². The highest BCUT2D eigenvalue weighted by Crippen LogP contribution is 2.21. The Bertz CT molecular complexity index is 491. The summed E-state index contributed by atoms with van der Waals surface area (Å²) in [6.07, 6.45) is 1.60. The van der Waals surface area contributed by atoms with Gasteiger partial charge in [-0.15, -0.1) is 0 Å². The number of amides is 1. The van der Waals surface area contributed by atoms with Gasteiger partial charge in [-0.2, -0.15) is 0 Å². The molecule has 0 radical (unpaired) electrons. The number of hydrogen-bond acceptors (Lipinski definition) is 2. The zero-order valence-electron chi connectivity index (χ0n) is 11.1. The first-order chi connectivity index (χ1) is 8.99. The van der Waals surface area contributed by atoms with E-state index in [9.17, 15) is 13.6 Å². The molecule has 2 unspecified atom stereocenters. The fourth-order valence-electron chi connectivity index (χ4n) is 2.32. The first kappa shape index (κ1) is 13.9. The maximum Gasteiger partial charge on any atom is 0.237 e. The van der Waals surface area contributed by atoms with Gasteiger partial charge in [-0.05, 0) is 44.4 Å². The molecule has 1 fully saturated rings. The number of nitrogens with one attached hydrogen (secondary N) is 2. The van der Waals surface area contributed by atoms with Gasteiger partial charge in [0.1, 0.15) is 11.6 Å². The van der Waals surface area contributed by atoms with Crippen LogP contribution in [-0.2, 0) is 4.79 Å². The van der Waals surface area contributed by atoms with E-state index < -0.39 is 17.7 Å². The van der Waals surface area contributed by atoms with E-state index >= 15 is 0 Å². The van der Waals surface area contributed by atoms with Crippen LogP contribution >= 0.6 is 0 Å². The highest BCUT2D eigenvalue weighted by molar-refractivity contribution is 5.82. The predicted molar refractivity (Wildman–Crippen MR) is 68.7 cm³/mol. The molecule has 1 aromatic carbocycles. The van der Waals surface area contributed by atoms with Crippen LogP contribution in [0, 0.1) is 18.6 Å². The molecule has 2 N–H and O–H groups in total. The number of hydrogen-bond donors (Lipinski definition) is 2. The second kappa shape index (κ2) is 5.65. The fraction of sp³-hybridized carbons (Fsp3) is 0.500. The van der Waals surface area contributed by atoms with Gasteiger partial charge in [-0.25, -0.2) is 8.78 Å². The summed E-state index contributed by atoms with van der Waals surface area (Å²) in [6.45, 7) is 3.93. The lowest BCUT2D eigenvalue weighted by Gasteiger charge is -2.26. The molecule has 2 atom stereocenters. The summed E-state index contributed by atoms with van der Waals surface area (Å²) in [5, 5.41) is 5.81. The average Bonchev–Trinajstić information content (AvgIpc) is 2.36. The van der Waals surface area contributed by atoms with Crippen molar-refractivity contribution in [3.63, 3.8) is 0 Å². The Morgan fingerprint density at radius 2 is 2.11 bits per heavy atom. The second-order valence-electron chi connectivity index (χ2n) is 5.00. The number of carbonyl (C=O) groups excluding carboxylic acids is 1. The minimum Gasteiger partial charge on any atom is -0.355 e. The molecular weight excluding hydrogens is 250 g/mol. The molecule has 1 amide bonds. The normalized spacial score (nSPS) is 21.1. The molecule has 0 spiro atoms. The van der Waals surface area contributed by atoms with Gasteiger partial charge in [0.2, 0.25) is 5.91 Å². The Kier molecular flexibility index (Phi) is 4.14. The number of halogens is 2. The SMILES string of the molecule is Cc1cc(F)c(C(C)NC2CCCNC2=O)cc1F. The maximum absolute atomic E-state index is 13.8. The molecule has 5 heteroatoms. The van der Waals surface area contributed by atoms with E-state index in [-0.39, 0.29) is 23.1 Å². The third-order valence-electron chi connectivity index (χ3n) is 3.48. The maximum atomic E-state index is 13.8. The number of aryl methyl sites for hydroxylation is 1. The standard InChI is InChI=1S/C14H18F2N2O/c1-8-6-12(16)10(7-11(8)15)9(2)18-13-4-3-5-17-14(13)19/h6-7,9,13,18H,3-5H2,1-2H3,(H,17,19). The van der Waals surface area contributed by atoms with E-state index in [1.54, 1.807) is 6.92 Å². The number of piperidine rings is 1. The number of carbonyl (C=O) groups is 1. The molecule has 1 heterocycles. The Morgan fingerprint density at radius 3 is 2.79 bits per heavy atom. The van der Waals surface area contributed by atoms with Crippen molar-refractivity contribution in [2.24, 2.45) is 0 Å². The molecular formula is C14H18F2N2O. The summed E-state index contributed by atoms with van der Waals surface area (Å²) < 4.78 is 27.3. The highest BCUT2D eigenvalue weighted by atomic mass is 19.1. The first-order valence-corrected chi connectivity index (χ1v) is 6.48. The average molecular weight is 268 g/mol. The third-order valence-corrected chi connectivity index (χ3v) is 3.48. The summed E-state index contributed by atoms with van der Waals surface area (Å²) in [7, 11) is 0. The molecule has 0 saturated carbocycles. The van der Waals surface area contributed by atoms with Crippen LogP contribution in [0.5, 0.6) is 0 Å². The summed E-state index contributed by atoms with van der Waals surface area (Å²) >= 11 is 0. The van der Waals surface area contributed by atoms with E-state index in [2.05, 4.69) is 10.6 Å². The van der Waals surface area contributed by atoms with Gasteiger partial charge in [-0.3, -0.25) is 10.1 Å². The van der Waals surface area contributed by atoms with Gasteiger partial charge < -0.3 is 5.32 Å². The Hall–Kier alpha value is -1.49. The van der Waals surface area contributed by atoms with Crippen molar-refractivity contribution in [1.82, 2.24) is 10.6 Å². The summed E-state index contributed by atoms with van der Waals surface area (Å²) in [5.41, 5.74) is 0.533. The molecule has 104 valence electrons. The van der Waals surface area contributed by atoms with Crippen LogP contribution in [0.25, 0.3) is 0 Å². The molecule has 0 bridgehead atoms. The monoisotopic (exact) mass is 268 g/mol. The molecule has 1 aliphatic heterocycles. The Balaban J connectivity index is 2.13. The van der Waals surface area contributed by atoms with E-state index in [0.717, 1.165) is 6.42 Å². The molecule has 3 nitrogen and oxygen atoms in total. The molecule has 2 rings (SSSR count). The predicted octanol–water partition coefficient (Wildman–Crippen LogP) is 2.20. The smallest absolute Gasteiger partial charge is 0.237 e. The van der Waals surface area contributed by atoms with Crippen molar-refractivity contribution < 1.29 is 13.6 Å². The minimum atomic E-state index is -0.449. The molecule has 1 aliphatic rings. The van der Waals surface area contributed by atoms with Crippen LogP contribution in [0.15, 0.2) is 12.1 Å². The van der Waals surface area contributed by atoms with Crippen LogP contribution in [0.3, 0.4) is 0 Å². The lowest BCUT2D eigenvalue weighted by atomic mass is 10.0. The Morgan fingerprint density at radius 1 is 1.37 bits per heavy atom. The first-order valence-electron chi connectivity index (χ1n) is 6.48. The minimum absolute atomic E-state index is 0.0777. The number of rotatable bonds is 3. The second-order valence-corrected chi connectivity index (χ2v) is 5.00. The van der Waals surface area contributed by atoms with E-state index in [4.69, 9.17) is 0 Å². The zero-order valence-corrected chi connectivity index (χ0v) is 11.1. The quantitative estimate of drug-likeness (QED) is 0.882. The van der Waals surface area contributed by atoms with Crippen molar-refractivity contribution in [3.05, 3.63) is 34.9 Å². The zero-order chi connectivity index (χ0) is 14.0. The van der Waals surface area contributed by atoms with Crippen LogP contribution in [0.4, 0.5) is 8.78 Å². The van der Waals surface area contributed by atoms with Crippen molar-refractivity contribution in [3.8, 4) is 0 Å². The largest absolute Gasteiger partial charge is 0.355 e. The summed E-state index contributed by atoms with van der Waals surface area (Å²) in [5.74, 6) is -0.959. The molecule has 0 aromatic heterocycles. The van der Waals surface area contributed by atoms with Crippen molar-refractivity contribution in [2.45, 2.75) is 38.8 Å². The van der Waals surface area contributed by atoms with E-state index in [1.165, 1.54) is 19.1 Å². The van der Waals surface area contributed by atoms with Crippen LogP contribution in [0.2, 0.25) is 0 Å². The summed E-state index contributed by atoms with van der Waals surface area (Å²) in [6, 6.07) is 1.63. The van der Waals surface area contributed by atoms with Crippen molar-refractivity contribution in [1.29, 1.82) is 0 Å². The third kappa shape index (κ3) is 3.10. The van der Waals surface area contributed by atoms with Gasteiger partial charge >= 0.3 is 0 Å². The van der Waals surface area contributed by atoms with Gasteiger partial charge in [0.25, 0.3) is 0 Å². The topological polar surface area (TPSA) is 41.1 Å². The molecule has 1 aromatic rings. The summed E-state index contributed by atoms with van der Waals surface area (Å²) in [4.78, 5) is 11.6. The Labute approximate surface area is 111 Å². The van der Waals surface area contributed by atoms with Gasteiger partial charge in [0.05, 0.1) is 6.04 Å². The van der Waals surface area contributed by atoms with Gasteiger partial charge in [0, 0.05) is 18.2 Å².